The molecule has 1 fully saturated rings. The van der Waals surface area contributed by atoms with Crippen LogP contribution in [-0.4, -0.2) is 35.4 Å². The second-order valence-electron chi connectivity index (χ2n) is 6.60. The van der Waals surface area contributed by atoms with Crippen LogP contribution < -0.4 is 9.47 Å². The van der Waals surface area contributed by atoms with Crippen molar-refractivity contribution in [1.82, 2.24) is 4.90 Å². The van der Waals surface area contributed by atoms with Crippen LogP contribution in [0.3, 0.4) is 0 Å². The van der Waals surface area contributed by atoms with Crippen LogP contribution in [0.25, 0.3) is 6.08 Å². The van der Waals surface area contributed by atoms with Crippen molar-refractivity contribution in [1.29, 1.82) is 0 Å². The molecule has 0 aliphatic carbocycles. The number of likely N-dealkylation sites (N-methyl/N-ethyl adjacent to an activating group) is 1. The number of benzene rings is 2. The number of thioether (sulfide) groups is 1. The van der Waals surface area contributed by atoms with Gasteiger partial charge in [-0.3, -0.25) is 9.69 Å². The Labute approximate surface area is 175 Å². The van der Waals surface area contributed by atoms with Crippen molar-refractivity contribution in [3.8, 4) is 11.5 Å². The van der Waals surface area contributed by atoms with Gasteiger partial charge >= 0.3 is 0 Å². The van der Waals surface area contributed by atoms with E-state index in [2.05, 4.69) is 25.1 Å². The number of thiocarbonyl (C=S) groups is 1. The maximum Gasteiger partial charge on any atom is 0.265 e. The molecule has 0 aromatic heterocycles. The fraction of sp³-hybridized carbons (Fsp3) is 0.273. The zero-order chi connectivity index (χ0) is 20.1. The molecule has 0 atom stereocenters. The summed E-state index contributed by atoms with van der Waals surface area (Å²) in [7, 11) is 1.69. The van der Waals surface area contributed by atoms with Gasteiger partial charge in [0.25, 0.3) is 5.91 Å². The van der Waals surface area contributed by atoms with Gasteiger partial charge < -0.3 is 9.47 Å². The van der Waals surface area contributed by atoms with E-state index in [1.165, 1.54) is 22.2 Å². The number of rotatable bonds is 7. The maximum atomic E-state index is 12.2. The molecule has 0 spiro atoms. The van der Waals surface area contributed by atoms with Crippen LogP contribution in [0.2, 0.25) is 0 Å². The SMILES string of the molecule is Cc1ccc(C)c(OCCCOc2ccccc2/C=C2\SC(=S)N(C)C2=O)c1. The predicted octanol–water partition coefficient (Wildman–Crippen LogP) is 4.98. The molecule has 6 heteroatoms. The summed E-state index contributed by atoms with van der Waals surface area (Å²) < 4.78 is 12.4. The lowest BCUT2D eigenvalue weighted by Gasteiger charge is -2.12. The molecule has 0 bridgehead atoms. The van der Waals surface area contributed by atoms with Gasteiger partial charge in [0.15, 0.2) is 0 Å². The molecule has 2 aromatic carbocycles. The number of aryl methyl sites for hydroxylation is 2. The minimum atomic E-state index is -0.0771. The molecule has 1 amide bonds. The smallest absolute Gasteiger partial charge is 0.265 e. The Kier molecular flexibility index (Phi) is 6.75. The summed E-state index contributed by atoms with van der Waals surface area (Å²) in [6.45, 7) is 5.21. The Morgan fingerprint density at radius 1 is 1.07 bits per heavy atom. The largest absolute Gasteiger partial charge is 0.493 e. The first kappa shape index (κ1) is 20.4. The van der Waals surface area contributed by atoms with E-state index in [-0.39, 0.29) is 5.91 Å². The number of hydrogen-bond donors (Lipinski definition) is 0. The van der Waals surface area contributed by atoms with E-state index in [0.29, 0.717) is 22.4 Å². The van der Waals surface area contributed by atoms with E-state index in [1.54, 1.807) is 7.05 Å². The third-order valence-corrected chi connectivity index (χ3v) is 5.82. The molecular weight excluding hydrogens is 390 g/mol. The number of nitrogens with zero attached hydrogens (tertiary/aromatic N) is 1. The average molecular weight is 414 g/mol. The summed E-state index contributed by atoms with van der Waals surface area (Å²) >= 11 is 6.49. The monoisotopic (exact) mass is 413 g/mol. The van der Waals surface area contributed by atoms with Crippen LogP contribution in [0, 0.1) is 13.8 Å². The molecule has 0 saturated carbocycles. The fourth-order valence-corrected chi connectivity index (χ4v) is 3.87. The predicted molar refractivity (Wildman–Crippen MR) is 119 cm³/mol. The molecule has 146 valence electrons. The highest BCUT2D eigenvalue weighted by Gasteiger charge is 2.28. The highest BCUT2D eigenvalue weighted by Crippen LogP contribution is 2.33. The molecular formula is C22H23NO3S2. The van der Waals surface area contributed by atoms with Gasteiger partial charge in [-0.1, -0.05) is 54.3 Å². The van der Waals surface area contributed by atoms with Crippen LogP contribution in [0.15, 0.2) is 47.4 Å². The number of amides is 1. The molecule has 0 unspecified atom stereocenters. The third-order valence-electron chi connectivity index (χ3n) is 4.34. The first-order valence-corrected chi connectivity index (χ1v) is 10.3. The minimum Gasteiger partial charge on any atom is -0.493 e. The van der Waals surface area contributed by atoms with Crippen molar-refractivity contribution in [2.75, 3.05) is 20.3 Å². The quantitative estimate of drug-likeness (QED) is 0.364. The fourth-order valence-electron chi connectivity index (χ4n) is 2.70. The van der Waals surface area contributed by atoms with Gasteiger partial charge in [-0.25, -0.2) is 0 Å². The van der Waals surface area contributed by atoms with Gasteiger partial charge in [0.1, 0.15) is 15.8 Å². The van der Waals surface area contributed by atoms with Crippen molar-refractivity contribution in [3.63, 3.8) is 0 Å². The van der Waals surface area contributed by atoms with E-state index < -0.39 is 0 Å². The van der Waals surface area contributed by atoms with Gasteiger partial charge in [-0.05, 0) is 43.2 Å². The Morgan fingerprint density at radius 3 is 2.50 bits per heavy atom. The number of hydrogen-bond acceptors (Lipinski definition) is 5. The van der Waals surface area contributed by atoms with Crippen LogP contribution in [0.1, 0.15) is 23.1 Å². The molecule has 1 aliphatic heterocycles. The summed E-state index contributed by atoms with van der Waals surface area (Å²) in [5.41, 5.74) is 3.18. The number of para-hydroxylation sites is 1. The zero-order valence-electron chi connectivity index (χ0n) is 16.2. The standard InChI is InChI=1S/C22H23NO3S2/c1-15-9-10-16(2)19(13-15)26-12-6-11-25-18-8-5-4-7-17(18)14-20-21(24)23(3)22(27)28-20/h4-5,7-10,13-14H,6,11-12H2,1-3H3/b20-14-. The van der Waals surface area contributed by atoms with Crippen LogP contribution >= 0.6 is 24.0 Å². The summed E-state index contributed by atoms with van der Waals surface area (Å²) in [6, 6.07) is 13.9. The Bertz CT molecular complexity index is 924. The highest BCUT2D eigenvalue weighted by atomic mass is 32.2. The van der Waals surface area contributed by atoms with Crippen LogP contribution in [0.4, 0.5) is 0 Å². The second-order valence-corrected chi connectivity index (χ2v) is 8.27. The number of carbonyl (C=O) groups is 1. The topological polar surface area (TPSA) is 38.8 Å². The first-order valence-electron chi connectivity index (χ1n) is 9.09. The molecule has 1 heterocycles. The van der Waals surface area contributed by atoms with E-state index in [1.807, 2.05) is 37.3 Å². The van der Waals surface area contributed by atoms with E-state index in [4.69, 9.17) is 21.7 Å². The lowest BCUT2D eigenvalue weighted by molar-refractivity contribution is -0.121. The summed E-state index contributed by atoms with van der Waals surface area (Å²) in [4.78, 5) is 14.3. The van der Waals surface area contributed by atoms with Crippen LogP contribution in [0.5, 0.6) is 11.5 Å². The van der Waals surface area contributed by atoms with Gasteiger partial charge in [0.05, 0.1) is 18.1 Å². The molecule has 1 aliphatic rings. The molecule has 2 aromatic rings. The normalized spacial score (nSPS) is 15.4. The van der Waals surface area contributed by atoms with Crippen molar-refractivity contribution in [2.45, 2.75) is 20.3 Å². The third kappa shape index (κ3) is 4.94. The zero-order valence-corrected chi connectivity index (χ0v) is 17.9. The number of ether oxygens (including phenoxy) is 2. The molecule has 4 nitrogen and oxygen atoms in total. The van der Waals surface area contributed by atoms with E-state index in [0.717, 1.165) is 29.0 Å². The minimum absolute atomic E-state index is 0.0771. The van der Waals surface area contributed by atoms with E-state index in [9.17, 15) is 4.79 Å². The Balaban J connectivity index is 1.56. The molecule has 1 saturated heterocycles. The average Bonchev–Trinajstić information content (AvgIpc) is 2.92. The Morgan fingerprint density at radius 2 is 1.79 bits per heavy atom. The molecule has 0 radical (unpaired) electrons. The summed E-state index contributed by atoms with van der Waals surface area (Å²) in [5, 5.41) is 0. The maximum absolute atomic E-state index is 12.2. The lowest BCUT2D eigenvalue weighted by Crippen LogP contribution is -2.22. The van der Waals surface area contributed by atoms with Gasteiger partial charge in [-0.2, -0.15) is 0 Å². The summed E-state index contributed by atoms with van der Waals surface area (Å²) in [5.74, 6) is 1.59. The second kappa shape index (κ2) is 9.26. The van der Waals surface area contributed by atoms with Crippen LogP contribution in [-0.2, 0) is 4.79 Å². The first-order chi connectivity index (χ1) is 13.5. The van der Waals surface area contributed by atoms with Gasteiger partial charge in [-0.15, -0.1) is 0 Å². The Hall–Kier alpha value is -2.31. The van der Waals surface area contributed by atoms with Crippen molar-refractivity contribution in [3.05, 3.63) is 64.1 Å². The van der Waals surface area contributed by atoms with Gasteiger partial charge in [0, 0.05) is 19.0 Å². The highest BCUT2D eigenvalue weighted by molar-refractivity contribution is 8.26. The molecule has 28 heavy (non-hydrogen) atoms. The van der Waals surface area contributed by atoms with Crippen molar-refractivity contribution in [2.24, 2.45) is 0 Å². The van der Waals surface area contributed by atoms with E-state index >= 15 is 0 Å². The van der Waals surface area contributed by atoms with Gasteiger partial charge in [0.2, 0.25) is 0 Å². The molecule has 3 rings (SSSR count). The lowest BCUT2D eigenvalue weighted by atomic mass is 10.1. The number of carbonyl (C=O) groups excluding carboxylic acids is 1. The van der Waals surface area contributed by atoms with Crippen molar-refractivity contribution < 1.29 is 14.3 Å². The van der Waals surface area contributed by atoms with Crippen molar-refractivity contribution >= 4 is 40.3 Å². The molecule has 0 N–H and O–H groups in total. The summed E-state index contributed by atoms with van der Waals surface area (Å²) in [6.07, 6.45) is 2.60.